The average molecular weight is 252 g/mol. The van der Waals surface area contributed by atoms with Gasteiger partial charge in [-0.05, 0) is 26.8 Å². The molecule has 0 saturated heterocycles. The molecule has 0 aliphatic carbocycles. The second-order valence-corrected chi connectivity index (χ2v) is 4.98. The number of alkyl carbamates (subject to hydrolysis) is 1. The molecule has 1 rings (SSSR count). The van der Waals surface area contributed by atoms with E-state index in [2.05, 4.69) is 15.3 Å². The third-order valence-corrected chi connectivity index (χ3v) is 2.10. The summed E-state index contributed by atoms with van der Waals surface area (Å²) in [6.07, 6.45) is 3.21. The van der Waals surface area contributed by atoms with Crippen molar-refractivity contribution in [1.82, 2.24) is 15.3 Å². The lowest BCUT2D eigenvalue weighted by molar-refractivity contribution is 0.0506. The van der Waals surface area contributed by atoms with Crippen LogP contribution in [0, 0.1) is 0 Å². The smallest absolute Gasteiger partial charge is 0.407 e. The van der Waals surface area contributed by atoms with Gasteiger partial charge in [-0.3, -0.25) is 0 Å². The Morgan fingerprint density at radius 1 is 1.56 bits per heavy atom. The summed E-state index contributed by atoms with van der Waals surface area (Å²) in [5.74, 6) is 0. The molecule has 1 heterocycles. The van der Waals surface area contributed by atoms with Crippen LogP contribution in [0.5, 0.6) is 0 Å². The van der Waals surface area contributed by atoms with Crippen molar-refractivity contribution in [3.63, 3.8) is 0 Å². The third-order valence-electron chi connectivity index (χ3n) is 2.10. The molecule has 0 aromatic carbocycles. The molecule has 1 aromatic rings. The summed E-state index contributed by atoms with van der Waals surface area (Å²) in [6, 6.07) is 1.59. The Balaban J connectivity index is 2.50. The van der Waals surface area contributed by atoms with Crippen molar-refractivity contribution in [3.05, 3.63) is 24.3 Å². The SMILES string of the molecule is CC(C)(C)OC(=O)NC(CN)Cc1ccncn1. The van der Waals surface area contributed by atoms with Crippen LogP contribution in [0.3, 0.4) is 0 Å². The molecule has 0 radical (unpaired) electrons. The maximum absolute atomic E-state index is 11.6. The predicted molar refractivity (Wildman–Crippen MR) is 67.9 cm³/mol. The summed E-state index contributed by atoms with van der Waals surface area (Å²) in [7, 11) is 0. The number of rotatable bonds is 4. The summed E-state index contributed by atoms with van der Waals surface area (Å²) in [4.78, 5) is 19.5. The molecular formula is C12H20N4O2. The summed E-state index contributed by atoms with van der Waals surface area (Å²) in [5, 5.41) is 2.73. The highest BCUT2D eigenvalue weighted by Crippen LogP contribution is 2.07. The van der Waals surface area contributed by atoms with Gasteiger partial charge in [-0.15, -0.1) is 0 Å². The molecule has 6 nitrogen and oxygen atoms in total. The van der Waals surface area contributed by atoms with Gasteiger partial charge in [-0.2, -0.15) is 0 Å². The number of nitrogens with two attached hydrogens (primary N) is 1. The lowest BCUT2D eigenvalue weighted by atomic mass is 10.1. The fraction of sp³-hybridized carbons (Fsp3) is 0.583. The summed E-state index contributed by atoms with van der Waals surface area (Å²) in [6.45, 7) is 5.76. The fourth-order valence-corrected chi connectivity index (χ4v) is 1.36. The van der Waals surface area contributed by atoms with E-state index in [4.69, 9.17) is 10.5 Å². The predicted octanol–water partition coefficient (Wildman–Crippen LogP) is 0.871. The van der Waals surface area contributed by atoms with Crippen LogP contribution in [0.4, 0.5) is 4.79 Å². The number of carbonyl (C=O) groups is 1. The number of aromatic nitrogens is 2. The molecule has 100 valence electrons. The lowest BCUT2D eigenvalue weighted by Crippen LogP contribution is -2.44. The van der Waals surface area contributed by atoms with Crippen LogP contribution in [0.2, 0.25) is 0 Å². The Hall–Kier alpha value is -1.69. The van der Waals surface area contributed by atoms with Gasteiger partial charge in [0.2, 0.25) is 0 Å². The number of carbonyl (C=O) groups excluding carboxylic acids is 1. The number of ether oxygens (including phenoxy) is 1. The van der Waals surface area contributed by atoms with Crippen LogP contribution >= 0.6 is 0 Å². The second-order valence-electron chi connectivity index (χ2n) is 4.98. The van der Waals surface area contributed by atoms with Crippen LogP contribution in [-0.2, 0) is 11.2 Å². The van der Waals surface area contributed by atoms with Crippen molar-refractivity contribution < 1.29 is 9.53 Å². The van der Waals surface area contributed by atoms with Crippen LogP contribution in [-0.4, -0.2) is 34.2 Å². The summed E-state index contributed by atoms with van der Waals surface area (Å²) in [5.41, 5.74) is 5.93. The van der Waals surface area contributed by atoms with E-state index in [-0.39, 0.29) is 6.04 Å². The normalized spacial score (nSPS) is 12.9. The molecule has 0 fully saturated rings. The van der Waals surface area contributed by atoms with Crippen LogP contribution in [0.1, 0.15) is 26.5 Å². The topological polar surface area (TPSA) is 90.1 Å². The van der Waals surface area contributed by atoms with Crippen molar-refractivity contribution in [2.75, 3.05) is 6.54 Å². The first-order chi connectivity index (χ1) is 8.40. The van der Waals surface area contributed by atoms with Gasteiger partial charge >= 0.3 is 6.09 Å². The number of nitrogens with zero attached hydrogens (tertiary/aromatic N) is 2. The Labute approximate surface area is 107 Å². The minimum Gasteiger partial charge on any atom is -0.444 e. The van der Waals surface area contributed by atoms with Crippen molar-refractivity contribution in [2.45, 2.75) is 38.8 Å². The first kappa shape index (κ1) is 14.4. The number of amides is 1. The minimum atomic E-state index is -0.516. The Morgan fingerprint density at radius 3 is 2.78 bits per heavy atom. The van der Waals surface area contributed by atoms with Gasteiger partial charge in [0.25, 0.3) is 0 Å². The van der Waals surface area contributed by atoms with E-state index in [1.54, 1.807) is 12.3 Å². The molecule has 0 saturated carbocycles. The van der Waals surface area contributed by atoms with Crippen LogP contribution in [0.15, 0.2) is 18.6 Å². The lowest BCUT2D eigenvalue weighted by Gasteiger charge is -2.22. The molecule has 1 amide bonds. The first-order valence-corrected chi connectivity index (χ1v) is 5.85. The van der Waals surface area contributed by atoms with Gasteiger partial charge < -0.3 is 15.8 Å². The standard InChI is InChI=1S/C12H20N4O2/c1-12(2,3)18-11(17)16-10(7-13)6-9-4-5-14-8-15-9/h4-5,8,10H,6-7,13H2,1-3H3,(H,16,17). The molecule has 3 N–H and O–H groups in total. The van der Waals surface area contributed by atoms with Crippen molar-refractivity contribution in [1.29, 1.82) is 0 Å². The monoisotopic (exact) mass is 252 g/mol. The third kappa shape index (κ3) is 5.58. The average Bonchev–Trinajstić information content (AvgIpc) is 2.27. The Morgan fingerprint density at radius 2 is 2.28 bits per heavy atom. The zero-order valence-electron chi connectivity index (χ0n) is 11.0. The van der Waals surface area contributed by atoms with E-state index in [0.717, 1.165) is 5.69 Å². The highest BCUT2D eigenvalue weighted by atomic mass is 16.6. The fourth-order valence-electron chi connectivity index (χ4n) is 1.36. The van der Waals surface area contributed by atoms with E-state index < -0.39 is 11.7 Å². The van der Waals surface area contributed by atoms with Crippen LogP contribution in [0.25, 0.3) is 0 Å². The van der Waals surface area contributed by atoms with Crippen molar-refractivity contribution in [2.24, 2.45) is 5.73 Å². The largest absolute Gasteiger partial charge is 0.444 e. The highest BCUT2D eigenvalue weighted by molar-refractivity contribution is 5.68. The number of nitrogens with one attached hydrogen (secondary N) is 1. The molecule has 1 unspecified atom stereocenters. The van der Waals surface area contributed by atoms with E-state index >= 15 is 0 Å². The zero-order valence-corrected chi connectivity index (χ0v) is 11.0. The molecule has 0 aliphatic heterocycles. The number of hydrogen-bond acceptors (Lipinski definition) is 5. The number of hydrogen-bond donors (Lipinski definition) is 2. The van der Waals surface area contributed by atoms with E-state index in [0.29, 0.717) is 13.0 Å². The second kappa shape index (κ2) is 6.30. The molecule has 1 atom stereocenters. The molecule has 18 heavy (non-hydrogen) atoms. The molecule has 0 spiro atoms. The van der Waals surface area contributed by atoms with Gasteiger partial charge in [0.15, 0.2) is 0 Å². The molecule has 0 aliphatic rings. The molecular weight excluding hydrogens is 232 g/mol. The van der Waals surface area contributed by atoms with E-state index in [9.17, 15) is 4.79 Å². The zero-order chi connectivity index (χ0) is 13.6. The van der Waals surface area contributed by atoms with Gasteiger partial charge in [0, 0.05) is 30.9 Å². The Bertz CT molecular complexity index is 375. The quantitative estimate of drug-likeness (QED) is 0.830. The Kier molecular flexibility index (Phi) is 5.03. The first-order valence-electron chi connectivity index (χ1n) is 5.85. The molecule has 1 aromatic heterocycles. The molecule has 0 bridgehead atoms. The minimum absolute atomic E-state index is 0.199. The van der Waals surface area contributed by atoms with E-state index in [1.807, 2.05) is 20.8 Å². The summed E-state index contributed by atoms with van der Waals surface area (Å²) >= 11 is 0. The van der Waals surface area contributed by atoms with Gasteiger partial charge in [-0.1, -0.05) is 0 Å². The maximum Gasteiger partial charge on any atom is 0.407 e. The summed E-state index contributed by atoms with van der Waals surface area (Å²) < 4.78 is 5.17. The molecule has 6 heteroatoms. The van der Waals surface area contributed by atoms with E-state index in [1.165, 1.54) is 6.33 Å². The van der Waals surface area contributed by atoms with Crippen LogP contribution < -0.4 is 11.1 Å². The van der Waals surface area contributed by atoms with Gasteiger partial charge in [0.1, 0.15) is 11.9 Å². The highest BCUT2D eigenvalue weighted by Gasteiger charge is 2.19. The van der Waals surface area contributed by atoms with Gasteiger partial charge in [-0.25, -0.2) is 14.8 Å². The van der Waals surface area contributed by atoms with Crippen molar-refractivity contribution >= 4 is 6.09 Å². The van der Waals surface area contributed by atoms with Gasteiger partial charge in [0.05, 0.1) is 0 Å². The van der Waals surface area contributed by atoms with Crippen molar-refractivity contribution in [3.8, 4) is 0 Å². The maximum atomic E-state index is 11.6.